The minimum Gasteiger partial charge on any atom is -0.361 e. The quantitative estimate of drug-likeness (QED) is 0.695. The smallest absolute Gasteiger partial charge is 0.269 e. The molecule has 23 heavy (non-hydrogen) atoms. The number of likely N-dealkylation sites (N-methyl/N-ethyl adjacent to an activating group) is 1. The van der Waals surface area contributed by atoms with E-state index < -0.39 is 10.7 Å². The second-order valence-electron chi connectivity index (χ2n) is 5.75. The fourth-order valence-electron chi connectivity index (χ4n) is 2.73. The molecule has 0 amide bonds. The third-order valence-corrected chi connectivity index (χ3v) is 4.05. The van der Waals surface area contributed by atoms with Crippen molar-refractivity contribution >= 4 is 5.69 Å². The number of nitrogens with zero attached hydrogens (tertiary/aromatic N) is 2. The monoisotopic (exact) mass is 314 g/mol. The van der Waals surface area contributed by atoms with Gasteiger partial charge in [0.25, 0.3) is 5.69 Å². The maximum atomic E-state index is 10.7. The van der Waals surface area contributed by atoms with Gasteiger partial charge in [-0.25, -0.2) is 0 Å². The summed E-state index contributed by atoms with van der Waals surface area (Å²) in [6.45, 7) is 1.70. The lowest BCUT2D eigenvalue weighted by molar-refractivity contribution is -0.384. The Labute approximate surface area is 134 Å². The summed E-state index contributed by atoms with van der Waals surface area (Å²) in [4.78, 5) is 12.3. The van der Waals surface area contributed by atoms with E-state index in [1.807, 2.05) is 36.2 Å². The molecule has 2 aromatic carbocycles. The highest BCUT2D eigenvalue weighted by Crippen LogP contribution is 2.29. The summed E-state index contributed by atoms with van der Waals surface area (Å²) in [6.07, 6.45) is 0. The van der Waals surface area contributed by atoms with Crippen molar-refractivity contribution in [3.8, 4) is 11.1 Å². The Bertz CT molecular complexity index is 700. The fraction of sp³-hybridized carbons (Fsp3) is 0.294. The van der Waals surface area contributed by atoms with E-state index in [9.17, 15) is 15.2 Å². The molecule has 1 N–H and O–H groups in total. The van der Waals surface area contributed by atoms with Gasteiger partial charge in [0, 0.05) is 24.2 Å². The fourth-order valence-corrected chi connectivity index (χ4v) is 2.73. The van der Waals surface area contributed by atoms with Crippen LogP contribution in [0.2, 0.25) is 0 Å². The van der Waals surface area contributed by atoms with E-state index in [0.29, 0.717) is 18.7 Å². The van der Waals surface area contributed by atoms with Gasteiger partial charge < -0.3 is 9.84 Å². The normalized spacial score (nSPS) is 22.0. The average Bonchev–Trinajstić information content (AvgIpc) is 2.55. The second-order valence-corrected chi connectivity index (χ2v) is 5.75. The Kier molecular flexibility index (Phi) is 4.12. The Balaban J connectivity index is 1.83. The summed E-state index contributed by atoms with van der Waals surface area (Å²) in [7, 11) is 1.94. The van der Waals surface area contributed by atoms with Crippen LogP contribution in [0.1, 0.15) is 5.56 Å². The maximum absolute atomic E-state index is 10.7. The lowest BCUT2D eigenvalue weighted by Crippen LogP contribution is -2.48. The molecule has 0 aliphatic carbocycles. The van der Waals surface area contributed by atoms with Crippen molar-refractivity contribution in [3.05, 3.63) is 64.2 Å². The highest BCUT2D eigenvalue weighted by molar-refractivity contribution is 5.65. The van der Waals surface area contributed by atoms with Crippen LogP contribution in [-0.4, -0.2) is 41.7 Å². The number of rotatable bonds is 3. The zero-order valence-electron chi connectivity index (χ0n) is 12.8. The third-order valence-electron chi connectivity index (χ3n) is 4.05. The number of morpholine rings is 1. The number of nitro groups is 1. The van der Waals surface area contributed by atoms with E-state index >= 15 is 0 Å². The first-order valence-electron chi connectivity index (χ1n) is 7.38. The van der Waals surface area contributed by atoms with Crippen molar-refractivity contribution in [1.82, 2.24) is 4.90 Å². The van der Waals surface area contributed by atoms with Crippen LogP contribution in [0.3, 0.4) is 0 Å². The van der Waals surface area contributed by atoms with Gasteiger partial charge in [0.1, 0.15) is 0 Å². The molecule has 6 nitrogen and oxygen atoms in total. The Hall–Kier alpha value is -2.28. The largest absolute Gasteiger partial charge is 0.361 e. The molecule has 1 aliphatic heterocycles. The van der Waals surface area contributed by atoms with Gasteiger partial charge in [-0.3, -0.25) is 15.0 Å². The van der Waals surface area contributed by atoms with Crippen molar-refractivity contribution in [2.75, 3.05) is 26.7 Å². The summed E-state index contributed by atoms with van der Waals surface area (Å²) in [6, 6.07) is 13.8. The molecule has 3 rings (SSSR count). The van der Waals surface area contributed by atoms with Crippen molar-refractivity contribution < 1.29 is 14.8 Å². The SMILES string of the molecule is CN1CCOC(O)(c2ccc(-c3ccc([N+](=O)[O-])cc3)cc2)C1. The van der Waals surface area contributed by atoms with Crippen molar-refractivity contribution in [2.24, 2.45) is 0 Å². The van der Waals surface area contributed by atoms with Crippen molar-refractivity contribution in [1.29, 1.82) is 0 Å². The van der Waals surface area contributed by atoms with Crippen LogP contribution in [0.4, 0.5) is 5.69 Å². The molecule has 0 aromatic heterocycles. The molecule has 1 unspecified atom stereocenters. The van der Waals surface area contributed by atoms with E-state index in [0.717, 1.165) is 17.7 Å². The summed E-state index contributed by atoms with van der Waals surface area (Å²) < 4.78 is 5.55. The van der Waals surface area contributed by atoms with Gasteiger partial charge in [0.05, 0.1) is 18.1 Å². The van der Waals surface area contributed by atoms with Gasteiger partial charge in [-0.1, -0.05) is 24.3 Å². The maximum Gasteiger partial charge on any atom is 0.269 e. The van der Waals surface area contributed by atoms with Crippen LogP contribution in [0.5, 0.6) is 0 Å². The van der Waals surface area contributed by atoms with Gasteiger partial charge in [-0.05, 0) is 30.3 Å². The minimum absolute atomic E-state index is 0.0679. The molecule has 2 aromatic rings. The number of ether oxygens (including phenoxy) is 1. The molecule has 1 saturated heterocycles. The lowest BCUT2D eigenvalue weighted by Gasteiger charge is -2.37. The standard InChI is InChI=1S/C17H18N2O4/c1-18-10-11-23-17(20,12-18)15-6-2-13(3-7-15)14-4-8-16(9-5-14)19(21)22/h2-9,20H,10-12H2,1H3. The summed E-state index contributed by atoms with van der Waals surface area (Å²) in [5, 5.41) is 21.3. The van der Waals surface area contributed by atoms with Crippen LogP contribution in [0.15, 0.2) is 48.5 Å². The molecule has 0 spiro atoms. The number of benzene rings is 2. The summed E-state index contributed by atoms with van der Waals surface area (Å²) in [5.41, 5.74) is 2.58. The zero-order chi connectivity index (χ0) is 16.4. The second kappa shape index (κ2) is 6.08. The van der Waals surface area contributed by atoms with Crippen LogP contribution < -0.4 is 0 Å². The van der Waals surface area contributed by atoms with Crippen LogP contribution in [0, 0.1) is 10.1 Å². The van der Waals surface area contributed by atoms with E-state index in [-0.39, 0.29) is 5.69 Å². The van der Waals surface area contributed by atoms with Gasteiger partial charge in [-0.15, -0.1) is 0 Å². The predicted octanol–water partition coefficient (Wildman–Crippen LogP) is 2.37. The van der Waals surface area contributed by atoms with E-state index in [1.54, 1.807) is 12.1 Å². The molecule has 0 bridgehead atoms. The summed E-state index contributed by atoms with van der Waals surface area (Å²) >= 11 is 0. The predicted molar refractivity (Wildman–Crippen MR) is 85.9 cm³/mol. The number of hydrogen-bond donors (Lipinski definition) is 1. The van der Waals surface area contributed by atoms with Crippen LogP contribution in [-0.2, 0) is 10.5 Å². The highest BCUT2D eigenvalue weighted by Gasteiger charge is 2.34. The summed E-state index contributed by atoms with van der Waals surface area (Å²) in [5.74, 6) is -1.29. The lowest BCUT2D eigenvalue weighted by atomic mass is 9.99. The van der Waals surface area contributed by atoms with E-state index in [1.165, 1.54) is 12.1 Å². The highest BCUT2D eigenvalue weighted by atomic mass is 16.6. The third kappa shape index (κ3) is 3.24. The van der Waals surface area contributed by atoms with E-state index in [4.69, 9.17) is 4.74 Å². The molecule has 1 fully saturated rings. The molecule has 0 saturated carbocycles. The van der Waals surface area contributed by atoms with E-state index in [2.05, 4.69) is 0 Å². The molecular formula is C17H18N2O4. The average molecular weight is 314 g/mol. The Morgan fingerprint density at radius 3 is 2.22 bits per heavy atom. The number of aliphatic hydroxyl groups is 1. The Morgan fingerprint density at radius 1 is 1.13 bits per heavy atom. The molecule has 1 heterocycles. The zero-order valence-corrected chi connectivity index (χ0v) is 12.8. The van der Waals surface area contributed by atoms with Gasteiger partial charge in [-0.2, -0.15) is 0 Å². The van der Waals surface area contributed by atoms with Crippen molar-refractivity contribution in [3.63, 3.8) is 0 Å². The number of non-ortho nitro benzene ring substituents is 1. The first-order valence-corrected chi connectivity index (χ1v) is 7.38. The number of hydrogen-bond acceptors (Lipinski definition) is 5. The number of nitro benzene ring substituents is 1. The van der Waals surface area contributed by atoms with Gasteiger partial charge in [0.2, 0.25) is 5.79 Å². The van der Waals surface area contributed by atoms with Crippen molar-refractivity contribution in [2.45, 2.75) is 5.79 Å². The molecule has 1 aliphatic rings. The molecule has 1 atom stereocenters. The number of β-amino-alcohol motifs (C(OH)–C–C–N with tert-alkyl or cyclic N) is 1. The van der Waals surface area contributed by atoms with Crippen LogP contribution in [0.25, 0.3) is 11.1 Å². The van der Waals surface area contributed by atoms with Crippen LogP contribution >= 0.6 is 0 Å². The molecule has 120 valence electrons. The van der Waals surface area contributed by atoms with Gasteiger partial charge in [0.15, 0.2) is 0 Å². The molecular weight excluding hydrogens is 296 g/mol. The topological polar surface area (TPSA) is 75.8 Å². The molecule has 0 radical (unpaired) electrons. The van der Waals surface area contributed by atoms with Gasteiger partial charge >= 0.3 is 0 Å². The molecule has 6 heteroatoms. The Morgan fingerprint density at radius 2 is 1.70 bits per heavy atom. The first kappa shape index (κ1) is 15.6. The minimum atomic E-state index is -1.29. The first-order chi connectivity index (χ1) is 11.0.